The molecule has 1 aliphatic carbocycles. The molecule has 3 atom stereocenters. The second kappa shape index (κ2) is 8.40. The minimum absolute atomic E-state index is 0. The molecule has 0 bridgehead atoms. The minimum atomic E-state index is -0.696. The van der Waals surface area contributed by atoms with Gasteiger partial charge >= 0.3 is 5.97 Å². The van der Waals surface area contributed by atoms with Crippen LogP contribution in [0.15, 0.2) is 24.3 Å². The fourth-order valence-electron chi connectivity index (χ4n) is 4.40. The molecule has 144 valence electrons. The number of carbonyl (C=O) groups is 2. The Hall–Kier alpha value is -1.59. The smallest absolute Gasteiger partial charge is 0.311 e. The highest BCUT2D eigenvalue weighted by molar-refractivity contribution is 5.92. The van der Waals surface area contributed by atoms with Crippen LogP contribution in [0.1, 0.15) is 51.0 Å². The summed E-state index contributed by atoms with van der Waals surface area (Å²) in [7, 11) is 0. The molecule has 3 rings (SSSR count). The SMILES string of the molecule is CCC(C)c1ccc(NC(=O)CN2C[C@@H]3CCC[C@@]3(C(=O)O)C2)cc1.Cl. The lowest BCUT2D eigenvalue weighted by Crippen LogP contribution is -2.37. The van der Waals surface area contributed by atoms with Gasteiger partial charge in [-0.25, -0.2) is 0 Å². The Balaban J connectivity index is 0.00000243. The molecule has 1 amide bonds. The zero-order chi connectivity index (χ0) is 18.0. The Morgan fingerprint density at radius 1 is 1.35 bits per heavy atom. The first-order chi connectivity index (χ1) is 11.9. The molecule has 1 aromatic rings. The van der Waals surface area contributed by atoms with Gasteiger partial charge in [-0.15, -0.1) is 12.4 Å². The maximum atomic E-state index is 12.3. The van der Waals surface area contributed by atoms with E-state index < -0.39 is 11.4 Å². The number of benzene rings is 1. The average Bonchev–Trinajstić information content (AvgIpc) is 3.12. The number of nitrogens with zero attached hydrogens (tertiary/aromatic N) is 1. The van der Waals surface area contributed by atoms with Crippen LogP contribution < -0.4 is 5.32 Å². The minimum Gasteiger partial charge on any atom is -0.481 e. The number of amides is 1. The third-order valence-corrected chi connectivity index (χ3v) is 6.11. The van der Waals surface area contributed by atoms with Gasteiger partial charge in [0.25, 0.3) is 0 Å². The zero-order valence-corrected chi connectivity index (χ0v) is 16.3. The van der Waals surface area contributed by atoms with Crippen molar-refractivity contribution < 1.29 is 14.7 Å². The van der Waals surface area contributed by atoms with E-state index in [4.69, 9.17) is 0 Å². The average molecular weight is 381 g/mol. The number of carboxylic acid groups (broad SMARTS) is 1. The summed E-state index contributed by atoms with van der Waals surface area (Å²) < 4.78 is 0. The van der Waals surface area contributed by atoms with Gasteiger partial charge in [-0.3, -0.25) is 14.5 Å². The van der Waals surface area contributed by atoms with E-state index in [1.807, 2.05) is 17.0 Å². The van der Waals surface area contributed by atoms with Crippen LogP contribution in [0.4, 0.5) is 5.69 Å². The third kappa shape index (κ3) is 4.04. The van der Waals surface area contributed by atoms with E-state index in [1.165, 1.54) is 5.56 Å². The summed E-state index contributed by atoms with van der Waals surface area (Å²) in [4.78, 5) is 26.0. The van der Waals surface area contributed by atoms with Crippen molar-refractivity contribution in [1.82, 2.24) is 4.90 Å². The van der Waals surface area contributed by atoms with Gasteiger partial charge in [-0.05, 0) is 48.8 Å². The summed E-state index contributed by atoms with van der Waals surface area (Å²) in [5.41, 5.74) is 1.44. The Morgan fingerprint density at radius 2 is 2.04 bits per heavy atom. The van der Waals surface area contributed by atoms with Crippen LogP contribution in [0.25, 0.3) is 0 Å². The fourth-order valence-corrected chi connectivity index (χ4v) is 4.40. The van der Waals surface area contributed by atoms with E-state index in [0.29, 0.717) is 19.0 Å². The Kier molecular flexibility index (Phi) is 6.69. The number of carboxylic acids is 1. The van der Waals surface area contributed by atoms with Gasteiger partial charge in [0.15, 0.2) is 0 Å². The van der Waals surface area contributed by atoms with Crippen LogP contribution in [-0.4, -0.2) is 41.5 Å². The monoisotopic (exact) mass is 380 g/mol. The molecule has 2 aliphatic rings. The lowest BCUT2D eigenvalue weighted by atomic mass is 9.81. The highest BCUT2D eigenvalue weighted by Gasteiger charge is 2.54. The molecule has 1 aliphatic heterocycles. The van der Waals surface area contributed by atoms with Crippen molar-refractivity contribution in [2.24, 2.45) is 11.3 Å². The summed E-state index contributed by atoms with van der Waals surface area (Å²) in [5, 5.41) is 12.6. The van der Waals surface area contributed by atoms with Gasteiger partial charge in [0, 0.05) is 18.8 Å². The zero-order valence-electron chi connectivity index (χ0n) is 15.5. The van der Waals surface area contributed by atoms with Crippen molar-refractivity contribution in [2.45, 2.75) is 45.4 Å². The molecular weight excluding hydrogens is 352 g/mol. The maximum Gasteiger partial charge on any atom is 0.311 e. The normalized spacial score (nSPS) is 26.0. The lowest BCUT2D eigenvalue weighted by molar-refractivity contribution is -0.149. The molecule has 0 radical (unpaired) electrons. The molecule has 5 nitrogen and oxygen atoms in total. The molecule has 1 saturated carbocycles. The van der Waals surface area contributed by atoms with Crippen molar-refractivity contribution in [3.8, 4) is 0 Å². The molecular formula is C20H29ClN2O3. The van der Waals surface area contributed by atoms with Crippen LogP contribution in [0.5, 0.6) is 0 Å². The van der Waals surface area contributed by atoms with Crippen molar-refractivity contribution in [1.29, 1.82) is 0 Å². The number of rotatable bonds is 6. The summed E-state index contributed by atoms with van der Waals surface area (Å²) in [5.74, 6) is -0.0658. The van der Waals surface area contributed by atoms with Crippen molar-refractivity contribution in [3.05, 3.63) is 29.8 Å². The number of halogens is 1. The van der Waals surface area contributed by atoms with Crippen LogP contribution in [0.3, 0.4) is 0 Å². The molecule has 1 unspecified atom stereocenters. The molecule has 0 aromatic heterocycles. The Morgan fingerprint density at radius 3 is 2.62 bits per heavy atom. The quantitative estimate of drug-likeness (QED) is 0.788. The molecule has 1 heterocycles. The van der Waals surface area contributed by atoms with E-state index in [2.05, 4.69) is 31.3 Å². The molecule has 2 fully saturated rings. The first kappa shape index (κ1) is 20.7. The van der Waals surface area contributed by atoms with E-state index in [-0.39, 0.29) is 30.8 Å². The second-order valence-electron chi connectivity index (χ2n) is 7.70. The van der Waals surface area contributed by atoms with Gasteiger partial charge in [0.05, 0.1) is 12.0 Å². The van der Waals surface area contributed by atoms with Gasteiger partial charge in [-0.2, -0.15) is 0 Å². The van der Waals surface area contributed by atoms with E-state index in [1.54, 1.807) is 0 Å². The highest BCUT2D eigenvalue weighted by Crippen LogP contribution is 2.48. The second-order valence-corrected chi connectivity index (χ2v) is 7.70. The van der Waals surface area contributed by atoms with Gasteiger partial charge in [0.1, 0.15) is 0 Å². The number of hydrogen-bond acceptors (Lipinski definition) is 3. The van der Waals surface area contributed by atoms with Crippen molar-refractivity contribution >= 4 is 30.0 Å². The number of fused-ring (bicyclic) bond motifs is 1. The predicted octanol–water partition coefficient (Wildman–Crippen LogP) is 3.75. The first-order valence-corrected chi connectivity index (χ1v) is 9.30. The summed E-state index contributed by atoms with van der Waals surface area (Å²) in [6.45, 7) is 5.82. The Labute approximate surface area is 161 Å². The van der Waals surface area contributed by atoms with Crippen LogP contribution in [0.2, 0.25) is 0 Å². The standard InChI is InChI=1S/C20H28N2O3.ClH/c1-3-14(2)15-6-8-17(9-7-15)21-18(23)12-22-11-16-5-4-10-20(16,13-22)19(24)25;/h6-9,14,16H,3-5,10-13H2,1-2H3,(H,21,23)(H,24,25);1H/t14?,16-,20+;/m0./s1. The first-order valence-electron chi connectivity index (χ1n) is 9.30. The molecule has 26 heavy (non-hydrogen) atoms. The molecule has 2 N–H and O–H groups in total. The van der Waals surface area contributed by atoms with Crippen LogP contribution in [-0.2, 0) is 9.59 Å². The summed E-state index contributed by atoms with van der Waals surface area (Å²) in [6, 6.07) is 8.00. The number of carbonyl (C=O) groups excluding carboxylic acids is 1. The summed E-state index contributed by atoms with van der Waals surface area (Å²) in [6.07, 6.45) is 3.77. The highest BCUT2D eigenvalue weighted by atomic mass is 35.5. The maximum absolute atomic E-state index is 12.3. The van der Waals surface area contributed by atoms with E-state index >= 15 is 0 Å². The van der Waals surface area contributed by atoms with Crippen molar-refractivity contribution in [3.63, 3.8) is 0 Å². The molecule has 0 spiro atoms. The molecule has 1 aromatic carbocycles. The Bertz CT molecular complexity index is 649. The van der Waals surface area contributed by atoms with Gasteiger partial charge in [-0.1, -0.05) is 32.4 Å². The molecule has 1 saturated heterocycles. The topological polar surface area (TPSA) is 69.6 Å². The van der Waals surface area contributed by atoms with E-state index in [0.717, 1.165) is 31.4 Å². The number of likely N-dealkylation sites (tertiary alicyclic amines) is 1. The number of anilines is 1. The number of hydrogen-bond donors (Lipinski definition) is 2. The van der Waals surface area contributed by atoms with Gasteiger partial charge < -0.3 is 10.4 Å². The predicted molar refractivity (Wildman–Crippen MR) is 105 cm³/mol. The number of nitrogens with one attached hydrogen (secondary N) is 1. The lowest BCUT2D eigenvalue weighted by Gasteiger charge is -2.23. The van der Waals surface area contributed by atoms with E-state index in [9.17, 15) is 14.7 Å². The third-order valence-electron chi connectivity index (χ3n) is 6.11. The van der Waals surface area contributed by atoms with Gasteiger partial charge in [0.2, 0.25) is 5.91 Å². The molecule has 6 heteroatoms. The number of aliphatic carboxylic acids is 1. The van der Waals surface area contributed by atoms with Crippen molar-refractivity contribution in [2.75, 3.05) is 25.0 Å². The largest absolute Gasteiger partial charge is 0.481 e. The summed E-state index contributed by atoms with van der Waals surface area (Å²) >= 11 is 0. The van der Waals surface area contributed by atoms with Crippen LogP contribution in [0, 0.1) is 11.3 Å². The van der Waals surface area contributed by atoms with Crippen LogP contribution >= 0.6 is 12.4 Å². The fraction of sp³-hybridized carbons (Fsp3) is 0.600.